The summed E-state index contributed by atoms with van der Waals surface area (Å²) >= 11 is 0. The standard InChI is InChI=1S/C22H18F3N5O2/c1-3-32-14-8-9-17-16(10-14)28-21(22(23,24)25)30(17)19-12-26-18(11-27-19)29-20(31)15-7-5-4-6-13(15)2/h4-12H,3H2,1-2H3,(H,26,29,31). The Morgan fingerprint density at radius 1 is 1.12 bits per heavy atom. The zero-order chi connectivity index (χ0) is 22.9. The molecule has 2 aromatic heterocycles. The first kappa shape index (κ1) is 21.3. The molecule has 0 unspecified atom stereocenters. The maximum absolute atomic E-state index is 13.7. The van der Waals surface area contributed by atoms with Crippen LogP contribution >= 0.6 is 0 Å². The third kappa shape index (κ3) is 4.11. The van der Waals surface area contributed by atoms with E-state index < -0.39 is 17.9 Å². The number of imidazole rings is 1. The van der Waals surface area contributed by atoms with E-state index >= 15 is 0 Å². The summed E-state index contributed by atoms with van der Waals surface area (Å²) in [5.41, 5.74) is 1.55. The number of nitrogens with zero attached hydrogens (tertiary/aromatic N) is 4. The molecular formula is C22H18F3N5O2. The van der Waals surface area contributed by atoms with Crippen molar-refractivity contribution in [1.82, 2.24) is 19.5 Å². The average molecular weight is 441 g/mol. The molecule has 4 aromatic rings. The summed E-state index contributed by atoms with van der Waals surface area (Å²) in [4.78, 5) is 24.3. The molecule has 7 nitrogen and oxygen atoms in total. The van der Waals surface area contributed by atoms with E-state index in [9.17, 15) is 18.0 Å². The number of hydrogen-bond donors (Lipinski definition) is 1. The van der Waals surface area contributed by atoms with Crippen molar-refractivity contribution in [2.24, 2.45) is 0 Å². The van der Waals surface area contributed by atoms with Gasteiger partial charge in [-0.3, -0.25) is 9.36 Å². The number of aromatic nitrogens is 4. The van der Waals surface area contributed by atoms with Gasteiger partial charge in [-0.15, -0.1) is 0 Å². The van der Waals surface area contributed by atoms with E-state index in [1.54, 1.807) is 38.1 Å². The van der Waals surface area contributed by atoms with Gasteiger partial charge in [0, 0.05) is 11.6 Å². The molecule has 0 bridgehead atoms. The third-order valence-corrected chi connectivity index (χ3v) is 4.69. The van der Waals surface area contributed by atoms with Gasteiger partial charge in [-0.1, -0.05) is 18.2 Å². The van der Waals surface area contributed by atoms with Gasteiger partial charge in [0.25, 0.3) is 5.91 Å². The number of carbonyl (C=O) groups is 1. The van der Waals surface area contributed by atoms with Gasteiger partial charge in [-0.2, -0.15) is 13.2 Å². The van der Waals surface area contributed by atoms with Gasteiger partial charge in [-0.05, 0) is 37.6 Å². The Bertz CT molecular complexity index is 1280. The lowest BCUT2D eigenvalue weighted by atomic mass is 10.1. The summed E-state index contributed by atoms with van der Waals surface area (Å²) in [5.74, 6) is -1.08. The van der Waals surface area contributed by atoms with Crippen LogP contribution in [0.2, 0.25) is 0 Å². The number of halogens is 3. The van der Waals surface area contributed by atoms with Gasteiger partial charge in [0.2, 0.25) is 5.82 Å². The highest BCUT2D eigenvalue weighted by Crippen LogP contribution is 2.34. The molecule has 0 aliphatic heterocycles. The molecule has 1 N–H and O–H groups in total. The highest BCUT2D eigenvalue weighted by atomic mass is 19.4. The van der Waals surface area contributed by atoms with Gasteiger partial charge in [0.05, 0.1) is 30.0 Å². The number of benzene rings is 2. The van der Waals surface area contributed by atoms with Gasteiger partial charge in [0.1, 0.15) is 5.75 Å². The number of carbonyl (C=O) groups excluding carboxylic acids is 1. The number of hydrogen-bond acceptors (Lipinski definition) is 5. The van der Waals surface area contributed by atoms with Crippen molar-refractivity contribution >= 4 is 22.8 Å². The summed E-state index contributed by atoms with van der Waals surface area (Å²) in [7, 11) is 0. The molecular weight excluding hydrogens is 423 g/mol. The topological polar surface area (TPSA) is 81.9 Å². The number of ether oxygens (including phenoxy) is 1. The van der Waals surface area contributed by atoms with Crippen LogP contribution in [0.15, 0.2) is 54.9 Å². The monoisotopic (exact) mass is 441 g/mol. The first-order valence-corrected chi connectivity index (χ1v) is 9.70. The Kier molecular flexibility index (Phi) is 5.52. The molecule has 0 saturated carbocycles. The van der Waals surface area contributed by atoms with Crippen molar-refractivity contribution in [3.05, 3.63) is 71.8 Å². The lowest BCUT2D eigenvalue weighted by molar-refractivity contribution is -0.145. The number of anilines is 1. The quantitative estimate of drug-likeness (QED) is 0.481. The zero-order valence-corrected chi connectivity index (χ0v) is 17.1. The summed E-state index contributed by atoms with van der Waals surface area (Å²) in [6.45, 7) is 3.95. The van der Waals surface area contributed by atoms with E-state index in [4.69, 9.17) is 4.74 Å². The Morgan fingerprint density at radius 3 is 2.56 bits per heavy atom. The number of rotatable bonds is 5. The fourth-order valence-corrected chi connectivity index (χ4v) is 3.25. The minimum absolute atomic E-state index is 0.0853. The summed E-state index contributed by atoms with van der Waals surface area (Å²) in [6, 6.07) is 11.5. The van der Waals surface area contributed by atoms with E-state index in [-0.39, 0.29) is 22.7 Å². The Morgan fingerprint density at radius 2 is 1.91 bits per heavy atom. The van der Waals surface area contributed by atoms with Gasteiger partial charge in [0.15, 0.2) is 11.6 Å². The molecule has 2 heterocycles. The van der Waals surface area contributed by atoms with Crippen LogP contribution in [0.25, 0.3) is 16.9 Å². The van der Waals surface area contributed by atoms with Crippen molar-refractivity contribution in [2.75, 3.05) is 11.9 Å². The smallest absolute Gasteiger partial charge is 0.450 e. The lowest BCUT2D eigenvalue weighted by Crippen LogP contribution is -2.16. The number of alkyl halides is 3. The Balaban J connectivity index is 1.69. The van der Waals surface area contributed by atoms with Gasteiger partial charge in [-0.25, -0.2) is 15.0 Å². The molecule has 2 aromatic carbocycles. The molecule has 164 valence electrons. The summed E-state index contributed by atoms with van der Waals surface area (Å²) in [5, 5.41) is 2.60. The van der Waals surface area contributed by atoms with Crippen molar-refractivity contribution in [1.29, 1.82) is 0 Å². The van der Waals surface area contributed by atoms with Crippen LogP contribution in [-0.2, 0) is 6.18 Å². The number of nitrogens with one attached hydrogen (secondary N) is 1. The van der Waals surface area contributed by atoms with Crippen LogP contribution in [0.4, 0.5) is 19.0 Å². The van der Waals surface area contributed by atoms with Gasteiger partial charge >= 0.3 is 6.18 Å². The first-order chi connectivity index (χ1) is 15.3. The summed E-state index contributed by atoms with van der Waals surface area (Å²) < 4.78 is 47.3. The molecule has 0 aliphatic carbocycles. The third-order valence-electron chi connectivity index (χ3n) is 4.69. The van der Waals surface area contributed by atoms with Crippen LogP contribution in [0.5, 0.6) is 5.75 Å². The normalized spacial score (nSPS) is 11.5. The Hall–Kier alpha value is -3.95. The maximum atomic E-state index is 13.7. The highest BCUT2D eigenvalue weighted by molar-refractivity contribution is 6.04. The molecule has 0 saturated heterocycles. The second kappa shape index (κ2) is 8.29. The van der Waals surface area contributed by atoms with E-state index in [0.29, 0.717) is 17.9 Å². The molecule has 1 amide bonds. The van der Waals surface area contributed by atoms with E-state index in [0.717, 1.165) is 16.3 Å². The Labute approximate surface area is 180 Å². The maximum Gasteiger partial charge on any atom is 0.450 e. The van der Waals surface area contributed by atoms with Crippen molar-refractivity contribution in [2.45, 2.75) is 20.0 Å². The van der Waals surface area contributed by atoms with E-state index in [1.807, 2.05) is 6.07 Å². The largest absolute Gasteiger partial charge is 0.494 e. The second-order valence-corrected chi connectivity index (χ2v) is 6.88. The van der Waals surface area contributed by atoms with Crippen LogP contribution < -0.4 is 10.1 Å². The minimum atomic E-state index is -4.72. The van der Waals surface area contributed by atoms with Crippen LogP contribution in [-0.4, -0.2) is 32.0 Å². The molecule has 0 aliphatic rings. The predicted molar refractivity (Wildman–Crippen MR) is 112 cm³/mol. The van der Waals surface area contributed by atoms with Gasteiger partial charge < -0.3 is 10.1 Å². The number of amides is 1. The molecule has 32 heavy (non-hydrogen) atoms. The lowest BCUT2D eigenvalue weighted by Gasteiger charge is -2.11. The zero-order valence-electron chi connectivity index (χ0n) is 17.1. The van der Waals surface area contributed by atoms with Crippen molar-refractivity contribution in [3.63, 3.8) is 0 Å². The molecule has 0 fully saturated rings. The number of fused-ring (bicyclic) bond motifs is 1. The molecule has 0 spiro atoms. The SMILES string of the molecule is CCOc1ccc2c(c1)nc(C(F)(F)F)n2-c1cnc(NC(=O)c2ccccc2C)cn1. The second-order valence-electron chi connectivity index (χ2n) is 6.88. The van der Waals surface area contributed by atoms with E-state index in [2.05, 4.69) is 20.3 Å². The summed E-state index contributed by atoms with van der Waals surface area (Å²) in [6.07, 6.45) is -2.36. The van der Waals surface area contributed by atoms with Crippen LogP contribution in [0.3, 0.4) is 0 Å². The van der Waals surface area contributed by atoms with Crippen LogP contribution in [0.1, 0.15) is 28.7 Å². The molecule has 0 radical (unpaired) electrons. The molecule has 4 rings (SSSR count). The highest BCUT2D eigenvalue weighted by Gasteiger charge is 2.38. The fraction of sp³-hybridized carbons (Fsp3) is 0.182. The van der Waals surface area contributed by atoms with Crippen molar-refractivity contribution in [3.8, 4) is 11.6 Å². The van der Waals surface area contributed by atoms with Crippen LogP contribution in [0, 0.1) is 6.92 Å². The minimum Gasteiger partial charge on any atom is -0.494 e. The van der Waals surface area contributed by atoms with Crippen molar-refractivity contribution < 1.29 is 22.7 Å². The van der Waals surface area contributed by atoms with E-state index in [1.165, 1.54) is 18.3 Å². The molecule has 0 atom stereocenters. The molecule has 10 heteroatoms. The first-order valence-electron chi connectivity index (χ1n) is 9.70. The average Bonchev–Trinajstić information content (AvgIpc) is 3.14. The number of aryl methyl sites for hydroxylation is 1. The fourth-order valence-electron chi connectivity index (χ4n) is 3.25. The predicted octanol–water partition coefficient (Wildman–Crippen LogP) is 4.79.